The molecule has 4 nitrogen and oxygen atoms in total. The number of hydrogen-bond donors (Lipinski definition) is 1. The SMILES string of the molecule is O=S(=O)(CCCl)NCc1ccoc1. The highest BCUT2D eigenvalue weighted by molar-refractivity contribution is 7.89. The van der Waals surface area contributed by atoms with E-state index in [0.717, 1.165) is 5.56 Å². The summed E-state index contributed by atoms with van der Waals surface area (Å²) in [5.74, 6) is 0.0348. The lowest BCUT2D eigenvalue weighted by atomic mass is 10.4. The number of rotatable bonds is 5. The predicted molar refractivity (Wildman–Crippen MR) is 50.1 cm³/mol. The molecule has 13 heavy (non-hydrogen) atoms. The Morgan fingerprint density at radius 2 is 2.31 bits per heavy atom. The van der Waals surface area contributed by atoms with Crippen molar-refractivity contribution in [2.45, 2.75) is 6.54 Å². The van der Waals surface area contributed by atoms with Crippen LogP contribution in [-0.2, 0) is 16.6 Å². The molecule has 0 aliphatic rings. The molecule has 0 aromatic carbocycles. The molecule has 0 spiro atoms. The van der Waals surface area contributed by atoms with Gasteiger partial charge in [0.15, 0.2) is 0 Å². The molecule has 74 valence electrons. The van der Waals surface area contributed by atoms with Crippen molar-refractivity contribution in [3.63, 3.8) is 0 Å². The lowest BCUT2D eigenvalue weighted by molar-refractivity contribution is 0.561. The van der Waals surface area contributed by atoms with Gasteiger partial charge in [-0.25, -0.2) is 13.1 Å². The first kappa shape index (κ1) is 10.6. The van der Waals surface area contributed by atoms with Gasteiger partial charge in [-0.15, -0.1) is 11.6 Å². The standard InChI is InChI=1S/C7H10ClNO3S/c8-2-4-13(10,11)9-5-7-1-3-12-6-7/h1,3,6,9H,2,4-5H2. The van der Waals surface area contributed by atoms with Crippen molar-refractivity contribution in [3.05, 3.63) is 24.2 Å². The van der Waals surface area contributed by atoms with Crippen molar-refractivity contribution in [2.24, 2.45) is 0 Å². The largest absolute Gasteiger partial charge is 0.472 e. The molecule has 0 radical (unpaired) electrons. The van der Waals surface area contributed by atoms with Gasteiger partial charge in [-0.3, -0.25) is 0 Å². The Morgan fingerprint density at radius 3 is 2.85 bits per heavy atom. The highest BCUT2D eigenvalue weighted by atomic mass is 35.5. The molecule has 0 fully saturated rings. The molecule has 0 atom stereocenters. The first-order valence-corrected chi connectivity index (χ1v) is 5.87. The quantitative estimate of drug-likeness (QED) is 0.756. The van der Waals surface area contributed by atoms with Gasteiger partial charge in [-0.05, 0) is 6.07 Å². The Kier molecular flexibility index (Phi) is 3.77. The molecule has 1 aromatic heterocycles. The van der Waals surface area contributed by atoms with Crippen LogP contribution >= 0.6 is 11.6 Å². The van der Waals surface area contributed by atoms with E-state index >= 15 is 0 Å². The van der Waals surface area contributed by atoms with Gasteiger partial charge in [0.1, 0.15) is 0 Å². The second-order valence-electron chi connectivity index (χ2n) is 2.46. The predicted octanol–water partition coefficient (Wildman–Crippen LogP) is 0.938. The van der Waals surface area contributed by atoms with Gasteiger partial charge in [0.2, 0.25) is 10.0 Å². The van der Waals surface area contributed by atoms with Crippen LogP contribution in [0.2, 0.25) is 0 Å². The van der Waals surface area contributed by atoms with E-state index in [0.29, 0.717) is 0 Å². The molecule has 1 rings (SSSR count). The van der Waals surface area contributed by atoms with E-state index in [-0.39, 0.29) is 18.2 Å². The normalized spacial score (nSPS) is 11.8. The smallest absolute Gasteiger partial charge is 0.213 e. The van der Waals surface area contributed by atoms with Crippen LogP contribution in [0.5, 0.6) is 0 Å². The minimum Gasteiger partial charge on any atom is -0.472 e. The molecule has 1 N–H and O–H groups in total. The zero-order valence-electron chi connectivity index (χ0n) is 6.86. The third-order valence-electron chi connectivity index (χ3n) is 1.42. The minimum absolute atomic E-state index is 0.0631. The van der Waals surface area contributed by atoms with E-state index in [1.807, 2.05) is 0 Å². The average molecular weight is 224 g/mol. The lowest BCUT2D eigenvalue weighted by Gasteiger charge is -2.02. The van der Waals surface area contributed by atoms with Crippen molar-refractivity contribution in [3.8, 4) is 0 Å². The summed E-state index contributed by atoms with van der Waals surface area (Å²) in [6, 6.07) is 1.70. The van der Waals surface area contributed by atoms with Crippen molar-refractivity contribution in [1.82, 2.24) is 4.72 Å². The number of sulfonamides is 1. The van der Waals surface area contributed by atoms with Gasteiger partial charge in [0.05, 0.1) is 18.3 Å². The summed E-state index contributed by atoms with van der Waals surface area (Å²) in [7, 11) is -3.23. The van der Waals surface area contributed by atoms with Crippen LogP contribution < -0.4 is 4.72 Å². The van der Waals surface area contributed by atoms with Gasteiger partial charge in [-0.2, -0.15) is 0 Å². The molecular formula is C7H10ClNO3S. The van der Waals surface area contributed by atoms with Crippen LogP contribution in [0.3, 0.4) is 0 Å². The highest BCUT2D eigenvalue weighted by Crippen LogP contribution is 1.99. The molecule has 1 heterocycles. The third kappa shape index (κ3) is 3.80. The zero-order valence-corrected chi connectivity index (χ0v) is 8.44. The van der Waals surface area contributed by atoms with Crippen molar-refractivity contribution in [2.75, 3.05) is 11.6 Å². The van der Waals surface area contributed by atoms with Crippen molar-refractivity contribution >= 4 is 21.6 Å². The monoisotopic (exact) mass is 223 g/mol. The summed E-state index contributed by atoms with van der Waals surface area (Å²) in [4.78, 5) is 0. The number of halogens is 1. The molecular weight excluding hydrogens is 214 g/mol. The molecule has 0 saturated carbocycles. The summed E-state index contributed by atoms with van der Waals surface area (Å²) in [5.41, 5.74) is 0.790. The maximum atomic E-state index is 11.1. The second-order valence-corrected chi connectivity index (χ2v) is 4.76. The van der Waals surface area contributed by atoms with Gasteiger partial charge < -0.3 is 4.42 Å². The molecule has 0 aliphatic carbocycles. The van der Waals surface area contributed by atoms with E-state index in [1.165, 1.54) is 12.5 Å². The molecule has 0 unspecified atom stereocenters. The molecule has 0 amide bonds. The van der Waals surface area contributed by atoms with Gasteiger partial charge >= 0.3 is 0 Å². The van der Waals surface area contributed by atoms with Gasteiger partial charge in [0.25, 0.3) is 0 Å². The van der Waals surface area contributed by atoms with E-state index < -0.39 is 10.0 Å². The number of alkyl halides is 1. The van der Waals surface area contributed by atoms with Gasteiger partial charge in [0, 0.05) is 18.0 Å². The molecule has 0 bridgehead atoms. The highest BCUT2D eigenvalue weighted by Gasteiger charge is 2.08. The fraction of sp³-hybridized carbons (Fsp3) is 0.429. The maximum absolute atomic E-state index is 11.1. The summed E-state index contributed by atoms with van der Waals surface area (Å²) in [6.45, 7) is 0.246. The molecule has 0 aliphatic heterocycles. The second kappa shape index (κ2) is 4.64. The van der Waals surface area contributed by atoms with Crippen LogP contribution in [0, 0.1) is 0 Å². The summed E-state index contributed by atoms with van der Waals surface area (Å²) in [6.07, 6.45) is 2.98. The fourth-order valence-electron chi connectivity index (χ4n) is 0.760. The number of hydrogen-bond acceptors (Lipinski definition) is 3. The number of furan rings is 1. The molecule has 6 heteroatoms. The Hall–Kier alpha value is -0.520. The van der Waals surface area contributed by atoms with Crippen LogP contribution in [0.25, 0.3) is 0 Å². The van der Waals surface area contributed by atoms with Crippen molar-refractivity contribution in [1.29, 1.82) is 0 Å². The topological polar surface area (TPSA) is 59.3 Å². The van der Waals surface area contributed by atoms with Crippen LogP contribution in [0.15, 0.2) is 23.0 Å². The first-order chi connectivity index (χ1) is 6.14. The fourth-order valence-corrected chi connectivity index (χ4v) is 2.10. The van der Waals surface area contributed by atoms with Gasteiger partial charge in [-0.1, -0.05) is 0 Å². The molecule has 1 aromatic rings. The van der Waals surface area contributed by atoms with E-state index in [4.69, 9.17) is 16.0 Å². The Labute approximate surface area is 81.9 Å². The zero-order chi connectivity index (χ0) is 9.73. The lowest BCUT2D eigenvalue weighted by Crippen LogP contribution is -2.26. The van der Waals surface area contributed by atoms with Crippen molar-refractivity contribution < 1.29 is 12.8 Å². The maximum Gasteiger partial charge on any atom is 0.213 e. The summed E-state index contributed by atoms with van der Waals surface area (Å²) in [5, 5.41) is 0. The number of nitrogens with one attached hydrogen (secondary N) is 1. The summed E-state index contributed by atoms with van der Waals surface area (Å²) < 4.78 is 29.4. The Balaban J connectivity index is 2.43. The van der Waals surface area contributed by atoms with E-state index in [2.05, 4.69) is 4.72 Å². The summed E-state index contributed by atoms with van der Waals surface area (Å²) >= 11 is 5.31. The van der Waals surface area contributed by atoms with E-state index in [9.17, 15) is 8.42 Å². The Morgan fingerprint density at radius 1 is 1.54 bits per heavy atom. The average Bonchev–Trinajstić information content (AvgIpc) is 2.52. The minimum atomic E-state index is -3.23. The molecule has 0 saturated heterocycles. The van der Waals surface area contributed by atoms with Crippen LogP contribution in [0.4, 0.5) is 0 Å². The van der Waals surface area contributed by atoms with Crippen LogP contribution in [-0.4, -0.2) is 20.1 Å². The first-order valence-electron chi connectivity index (χ1n) is 3.68. The van der Waals surface area contributed by atoms with Crippen LogP contribution in [0.1, 0.15) is 5.56 Å². The van der Waals surface area contributed by atoms with E-state index in [1.54, 1.807) is 6.07 Å². The third-order valence-corrected chi connectivity index (χ3v) is 3.16. The Bertz CT molecular complexity index is 333.